The van der Waals surface area contributed by atoms with E-state index in [1.807, 2.05) is 0 Å². The summed E-state index contributed by atoms with van der Waals surface area (Å²) in [6.45, 7) is 1.74. The van der Waals surface area contributed by atoms with Gasteiger partial charge in [-0.2, -0.15) is 0 Å². The summed E-state index contributed by atoms with van der Waals surface area (Å²) in [5, 5.41) is 1.80. The number of aryl methyl sites for hydroxylation is 1. The Balaban J connectivity index is 1.96. The van der Waals surface area contributed by atoms with Gasteiger partial charge in [-0.05, 0) is 31.0 Å². The van der Waals surface area contributed by atoms with Gasteiger partial charge in [-0.25, -0.2) is 25.3 Å². The predicted molar refractivity (Wildman–Crippen MR) is 101 cm³/mol. The van der Waals surface area contributed by atoms with Gasteiger partial charge in [0.25, 0.3) is 0 Å². The van der Waals surface area contributed by atoms with E-state index >= 15 is 0 Å². The van der Waals surface area contributed by atoms with Gasteiger partial charge in [-0.3, -0.25) is 0 Å². The molecule has 27 heavy (non-hydrogen) atoms. The van der Waals surface area contributed by atoms with Crippen molar-refractivity contribution in [1.29, 1.82) is 0 Å². The smallest absolute Gasteiger partial charge is 0.187 e. The first kappa shape index (κ1) is 20.6. The third-order valence-electron chi connectivity index (χ3n) is 5.01. The van der Waals surface area contributed by atoms with Gasteiger partial charge in [-0.15, -0.1) is 0 Å². The molecule has 2 heterocycles. The minimum absolute atomic E-state index is 0.0211. The topological polar surface area (TPSA) is 124 Å². The molecule has 1 aromatic carbocycles. The van der Waals surface area contributed by atoms with E-state index in [2.05, 4.69) is 5.32 Å². The molecule has 152 valence electrons. The van der Waals surface area contributed by atoms with Gasteiger partial charge in [0.2, 0.25) is 0 Å². The summed E-state index contributed by atoms with van der Waals surface area (Å²) in [6.07, 6.45) is 0.347. The number of nitrogens with one attached hydrogen (secondary N) is 1. The molecule has 1 N–H and O–H groups in total. The molecule has 0 radical (unpaired) electrons. The quantitative estimate of drug-likeness (QED) is 0.667. The van der Waals surface area contributed by atoms with Crippen LogP contribution in [0.1, 0.15) is 12.0 Å². The van der Waals surface area contributed by atoms with Crippen LogP contribution < -0.4 is 10.1 Å². The van der Waals surface area contributed by atoms with Crippen LogP contribution in [0.2, 0.25) is 0 Å². The summed E-state index contributed by atoms with van der Waals surface area (Å²) in [6, 6.07) is 3.42. The van der Waals surface area contributed by atoms with Crippen LogP contribution in [-0.4, -0.2) is 72.7 Å². The number of ether oxygens (including phenoxy) is 1. The van der Waals surface area contributed by atoms with E-state index in [0.29, 0.717) is 12.0 Å². The van der Waals surface area contributed by atoms with Gasteiger partial charge >= 0.3 is 0 Å². The van der Waals surface area contributed by atoms with Gasteiger partial charge in [-0.1, -0.05) is 6.07 Å². The van der Waals surface area contributed by atoms with Crippen LogP contribution in [0.25, 0.3) is 0 Å². The Labute approximate surface area is 160 Å². The molecule has 0 aliphatic carbocycles. The van der Waals surface area contributed by atoms with E-state index in [4.69, 9.17) is 4.74 Å². The molecular weight excluding hydrogens is 414 g/mol. The molecule has 11 heteroatoms. The van der Waals surface area contributed by atoms with E-state index in [1.54, 1.807) is 13.0 Å². The third kappa shape index (κ3) is 4.30. The summed E-state index contributed by atoms with van der Waals surface area (Å²) in [5.74, 6) is -0.755. The Morgan fingerprint density at radius 1 is 1.07 bits per heavy atom. The maximum Gasteiger partial charge on any atom is 0.187 e. The van der Waals surface area contributed by atoms with Crippen LogP contribution in [0.15, 0.2) is 23.1 Å². The van der Waals surface area contributed by atoms with Gasteiger partial charge in [0.15, 0.2) is 29.5 Å². The second-order valence-electron chi connectivity index (χ2n) is 7.19. The zero-order valence-corrected chi connectivity index (χ0v) is 17.5. The Bertz CT molecular complexity index is 1050. The summed E-state index contributed by atoms with van der Waals surface area (Å²) in [4.78, 5) is -0.0436. The average Bonchev–Trinajstić information content (AvgIpc) is 3.06. The van der Waals surface area contributed by atoms with Crippen LogP contribution >= 0.6 is 0 Å². The van der Waals surface area contributed by atoms with Crippen molar-refractivity contribution in [2.24, 2.45) is 0 Å². The fraction of sp³-hybridized carbons (Fsp3) is 0.625. The molecule has 0 saturated carbocycles. The zero-order valence-electron chi connectivity index (χ0n) is 15.1. The molecule has 2 aliphatic heterocycles. The van der Waals surface area contributed by atoms with E-state index in [1.165, 1.54) is 19.2 Å². The molecule has 1 aromatic rings. The Kier molecular flexibility index (Phi) is 5.34. The lowest BCUT2D eigenvalue weighted by atomic mass is 10.2. The summed E-state index contributed by atoms with van der Waals surface area (Å²) < 4.78 is 79.4. The first-order valence-corrected chi connectivity index (χ1v) is 13.7. The lowest BCUT2D eigenvalue weighted by Gasteiger charge is -2.23. The van der Waals surface area contributed by atoms with E-state index in [0.717, 1.165) is 0 Å². The maximum absolute atomic E-state index is 13.3. The lowest BCUT2D eigenvalue weighted by molar-refractivity contribution is 0.401. The summed E-state index contributed by atoms with van der Waals surface area (Å²) >= 11 is 0. The van der Waals surface area contributed by atoms with Gasteiger partial charge in [0.1, 0.15) is 10.6 Å². The molecule has 0 aromatic heterocycles. The molecule has 2 fully saturated rings. The fourth-order valence-electron chi connectivity index (χ4n) is 3.68. The highest BCUT2D eigenvalue weighted by Crippen LogP contribution is 2.33. The SMILES string of the molecule is COc1ccc(C)cc1S(=O)(=O)[C@H]1CS(=O)(=O)C[C@@H]1NC1CCS(=O)(=O)C1. The third-order valence-corrected chi connectivity index (χ3v) is 10.9. The van der Waals surface area contributed by atoms with E-state index in [-0.39, 0.29) is 27.9 Å². The maximum atomic E-state index is 13.3. The molecule has 8 nitrogen and oxygen atoms in total. The minimum Gasteiger partial charge on any atom is -0.495 e. The molecule has 0 amide bonds. The predicted octanol–water partition coefficient (Wildman–Crippen LogP) is -0.280. The Hall–Kier alpha value is -1.17. The monoisotopic (exact) mass is 437 g/mol. The molecule has 2 aliphatic rings. The minimum atomic E-state index is -4.01. The van der Waals surface area contributed by atoms with Crippen molar-refractivity contribution in [3.63, 3.8) is 0 Å². The standard InChI is InChI=1S/C16H23NO7S3/c1-11-3-4-14(24-2)15(7-11)27(22,23)16-10-26(20,21)9-13(16)17-12-5-6-25(18,19)8-12/h3-4,7,12-13,16-17H,5-6,8-10H2,1-2H3/t12?,13-,16-/m0/s1. The Morgan fingerprint density at radius 3 is 2.37 bits per heavy atom. The van der Waals surface area contributed by atoms with Gasteiger partial charge in [0, 0.05) is 12.1 Å². The highest BCUT2D eigenvalue weighted by Gasteiger charge is 2.48. The zero-order chi connectivity index (χ0) is 20.0. The van der Waals surface area contributed by atoms with Crippen molar-refractivity contribution in [2.75, 3.05) is 30.1 Å². The number of hydrogen-bond acceptors (Lipinski definition) is 8. The van der Waals surface area contributed by atoms with Crippen molar-refractivity contribution >= 4 is 29.5 Å². The van der Waals surface area contributed by atoms with Crippen molar-refractivity contribution in [1.82, 2.24) is 5.32 Å². The summed E-state index contributed by atoms with van der Waals surface area (Å²) in [5.41, 5.74) is 0.710. The number of sulfone groups is 3. The van der Waals surface area contributed by atoms with Crippen LogP contribution in [0, 0.1) is 6.92 Å². The second kappa shape index (κ2) is 7.02. The number of hydrogen-bond donors (Lipinski definition) is 1. The van der Waals surface area contributed by atoms with Crippen LogP contribution in [-0.2, 0) is 29.5 Å². The number of benzene rings is 1. The first-order chi connectivity index (χ1) is 12.4. The summed E-state index contributed by atoms with van der Waals surface area (Å²) in [7, 11) is -9.39. The number of rotatable bonds is 5. The Morgan fingerprint density at radius 2 is 1.78 bits per heavy atom. The van der Waals surface area contributed by atoms with E-state index < -0.39 is 52.6 Å². The average molecular weight is 438 g/mol. The van der Waals surface area contributed by atoms with E-state index in [9.17, 15) is 25.3 Å². The lowest BCUT2D eigenvalue weighted by Crippen LogP contribution is -2.48. The van der Waals surface area contributed by atoms with Crippen LogP contribution in [0.5, 0.6) is 5.75 Å². The van der Waals surface area contributed by atoms with Crippen molar-refractivity contribution < 1.29 is 30.0 Å². The normalized spacial score (nSPS) is 29.6. The van der Waals surface area contributed by atoms with Gasteiger partial charge in [0.05, 0.1) is 35.4 Å². The second-order valence-corrected chi connectivity index (χ2v) is 13.7. The first-order valence-electron chi connectivity index (χ1n) is 8.49. The van der Waals surface area contributed by atoms with Crippen molar-refractivity contribution in [3.8, 4) is 5.75 Å². The molecule has 0 bridgehead atoms. The largest absolute Gasteiger partial charge is 0.495 e. The van der Waals surface area contributed by atoms with Crippen LogP contribution in [0.4, 0.5) is 0 Å². The highest BCUT2D eigenvalue weighted by molar-refractivity contribution is 7.96. The van der Waals surface area contributed by atoms with Crippen LogP contribution in [0.3, 0.4) is 0 Å². The van der Waals surface area contributed by atoms with Crippen molar-refractivity contribution in [3.05, 3.63) is 23.8 Å². The fourth-order valence-corrected chi connectivity index (χ4v) is 10.3. The number of methoxy groups -OCH3 is 1. The highest BCUT2D eigenvalue weighted by atomic mass is 32.2. The molecule has 3 rings (SSSR count). The molecule has 2 saturated heterocycles. The van der Waals surface area contributed by atoms with Crippen molar-refractivity contribution in [2.45, 2.75) is 35.6 Å². The van der Waals surface area contributed by atoms with Gasteiger partial charge < -0.3 is 10.1 Å². The molecule has 0 spiro atoms. The molecular formula is C16H23NO7S3. The molecule has 3 atom stereocenters. The molecule has 1 unspecified atom stereocenters.